The third kappa shape index (κ3) is 5.45. The summed E-state index contributed by atoms with van der Waals surface area (Å²) in [5.74, 6) is 1.96. The maximum Gasteiger partial charge on any atom is 0.319 e. The Hall–Kier alpha value is -4.11. The van der Waals surface area contributed by atoms with Crippen LogP contribution in [-0.2, 0) is 0 Å². The number of aryl methyl sites for hydroxylation is 1. The van der Waals surface area contributed by atoms with E-state index in [1.807, 2.05) is 26.8 Å². The third-order valence-electron chi connectivity index (χ3n) is 10.9. The van der Waals surface area contributed by atoms with Gasteiger partial charge >= 0.3 is 6.01 Å². The van der Waals surface area contributed by atoms with Crippen LogP contribution in [0.3, 0.4) is 0 Å². The summed E-state index contributed by atoms with van der Waals surface area (Å²) in [7, 11) is 0. The van der Waals surface area contributed by atoms with Gasteiger partial charge in [-0.3, -0.25) is 4.90 Å². The Morgan fingerprint density at radius 1 is 1.08 bits per heavy atom. The minimum Gasteiger partial charge on any atom is -0.474 e. The van der Waals surface area contributed by atoms with Gasteiger partial charge in [0.15, 0.2) is 5.82 Å². The molecule has 9 nitrogen and oxygen atoms in total. The molecular formula is C38H42F2N6O3. The number of fused-ring (bicyclic) bond motifs is 5. The smallest absolute Gasteiger partial charge is 0.319 e. The minimum atomic E-state index is -0.682. The first-order valence-electron chi connectivity index (χ1n) is 17.5. The normalized spacial score (nSPS) is 25.0. The topological polar surface area (TPSA) is 95.9 Å². The number of aliphatic hydroxyl groups excluding tert-OH is 1. The third-order valence-corrected chi connectivity index (χ3v) is 10.9. The van der Waals surface area contributed by atoms with Gasteiger partial charge in [-0.25, -0.2) is 13.8 Å². The monoisotopic (exact) mass is 668 g/mol. The highest BCUT2D eigenvalue weighted by Crippen LogP contribution is 2.44. The van der Waals surface area contributed by atoms with Crippen molar-refractivity contribution >= 4 is 27.5 Å². The summed E-state index contributed by atoms with van der Waals surface area (Å²) >= 11 is 0. The number of piperazine rings is 1. The number of halogens is 2. The Morgan fingerprint density at radius 3 is 2.61 bits per heavy atom. The highest BCUT2D eigenvalue weighted by Gasteiger charge is 2.49. The average molecular weight is 669 g/mol. The zero-order valence-electron chi connectivity index (χ0n) is 28.2. The number of anilines is 1. The van der Waals surface area contributed by atoms with E-state index in [1.165, 1.54) is 6.07 Å². The van der Waals surface area contributed by atoms with Crippen molar-refractivity contribution in [1.29, 1.82) is 0 Å². The molecule has 6 heterocycles. The number of nitrogens with zero attached hydrogens (tertiary/aromatic N) is 5. The maximum absolute atomic E-state index is 17.3. The average Bonchev–Trinajstić information content (AvgIpc) is 3.76. The number of hydrogen-bond donors (Lipinski definition) is 2. The van der Waals surface area contributed by atoms with Crippen molar-refractivity contribution in [3.05, 3.63) is 47.0 Å². The molecule has 4 aromatic rings. The van der Waals surface area contributed by atoms with Crippen LogP contribution in [-0.4, -0.2) is 87.6 Å². The fourth-order valence-corrected chi connectivity index (χ4v) is 8.78. The van der Waals surface area contributed by atoms with E-state index >= 15 is 8.78 Å². The molecule has 2 aromatic heterocycles. The first kappa shape index (κ1) is 32.1. The second-order valence-electron chi connectivity index (χ2n) is 14.5. The van der Waals surface area contributed by atoms with Gasteiger partial charge in [0, 0.05) is 42.2 Å². The number of benzene rings is 2. The standard InChI is InChI=1S/C38H42F2N6O3/c1-5-27-29(39)10-7-23-15-22(4)16-28(30(23)27)33-32(40)34-31(36(42-33)49-21(2)3)35(45-17-24-8-9-25(18-45)41-24)44-37(43-34)48-20-38-12-6-14-46(38)26(19-47)11-13-38/h1,7,10,15-16,21,24-26,41,47H,6,8-9,11-14,17-20H2,2-4H3/t24?,25?,26-,38+/m0/s1. The number of rotatable bonds is 8. The largest absolute Gasteiger partial charge is 0.474 e. The van der Waals surface area contributed by atoms with Gasteiger partial charge in [0.1, 0.15) is 34.8 Å². The first-order chi connectivity index (χ1) is 23.7. The summed E-state index contributed by atoms with van der Waals surface area (Å²) < 4.78 is 45.3. The van der Waals surface area contributed by atoms with Crippen LogP contribution in [0, 0.1) is 30.9 Å². The number of aliphatic hydroxyl groups is 1. The van der Waals surface area contributed by atoms with Gasteiger partial charge in [0.25, 0.3) is 0 Å². The highest BCUT2D eigenvalue weighted by molar-refractivity contribution is 6.03. The molecule has 4 atom stereocenters. The predicted molar refractivity (Wildman–Crippen MR) is 185 cm³/mol. The summed E-state index contributed by atoms with van der Waals surface area (Å²) in [6.07, 6.45) is 11.4. The van der Waals surface area contributed by atoms with E-state index in [4.69, 9.17) is 30.8 Å². The molecule has 0 amide bonds. The second-order valence-corrected chi connectivity index (χ2v) is 14.5. The molecule has 2 bridgehead atoms. The van der Waals surface area contributed by atoms with E-state index in [9.17, 15) is 5.11 Å². The molecule has 4 aliphatic rings. The summed E-state index contributed by atoms with van der Waals surface area (Å²) in [6, 6.07) is 7.42. The van der Waals surface area contributed by atoms with Crippen LogP contribution < -0.4 is 19.7 Å². The molecule has 0 saturated carbocycles. The molecule has 0 spiro atoms. The van der Waals surface area contributed by atoms with E-state index in [1.54, 1.807) is 12.1 Å². The number of ether oxygens (including phenoxy) is 2. The zero-order chi connectivity index (χ0) is 34.0. The minimum absolute atomic E-state index is 0.0280. The lowest BCUT2D eigenvalue weighted by atomic mass is 9.94. The van der Waals surface area contributed by atoms with Crippen LogP contribution in [0.1, 0.15) is 63.5 Å². The van der Waals surface area contributed by atoms with Gasteiger partial charge in [-0.15, -0.1) is 6.42 Å². The molecule has 2 N–H and O–H groups in total. The predicted octanol–water partition coefficient (Wildman–Crippen LogP) is 5.51. The molecular weight excluding hydrogens is 626 g/mol. The molecule has 2 unspecified atom stereocenters. The molecule has 0 radical (unpaired) electrons. The van der Waals surface area contributed by atoms with Gasteiger partial charge in [-0.1, -0.05) is 18.1 Å². The van der Waals surface area contributed by atoms with Crippen molar-refractivity contribution < 1.29 is 23.4 Å². The van der Waals surface area contributed by atoms with Crippen LogP contribution in [0.2, 0.25) is 0 Å². The number of hydrogen-bond acceptors (Lipinski definition) is 9. The van der Waals surface area contributed by atoms with Crippen molar-refractivity contribution in [2.75, 3.05) is 37.7 Å². The van der Waals surface area contributed by atoms with Crippen molar-refractivity contribution in [3.63, 3.8) is 0 Å². The molecule has 2 aromatic carbocycles. The Labute approximate surface area is 285 Å². The number of terminal acetylenes is 1. The number of aromatic nitrogens is 3. The maximum atomic E-state index is 17.3. The van der Waals surface area contributed by atoms with Crippen molar-refractivity contribution in [1.82, 2.24) is 25.2 Å². The van der Waals surface area contributed by atoms with Crippen LogP contribution >= 0.6 is 0 Å². The van der Waals surface area contributed by atoms with Crippen LogP contribution in [0.4, 0.5) is 14.6 Å². The quantitative estimate of drug-likeness (QED) is 0.236. The van der Waals surface area contributed by atoms with E-state index in [0.29, 0.717) is 47.2 Å². The van der Waals surface area contributed by atoms with Crippen LogP contribution in [0.15, 0.2) is 24.3 Å². The van der Waals surface area contributed by atoms with Crippen LogP contribution in [0.25, 0.3) is 32.9 Å². The van der Waals surface area contributed by atoms with Gasteiger partial charge in [0.05, 0.1) is 23.8 Å². The lowest BCUT2D eigenvalue weighted by Crippen LogP contribution is -2.51. The van der Waals surface area contributed by atoms with Gasteiger partial charge in [0.2, 0.25) is 5.88 Å². The van der Waals surface area contributed by atoms with E-state index in [-0.39, 0.29) is 65.0 Å². The Balaban J connectivity index is 1.33. The van der Waals surface area contributed by atoms with Crippen LogP contribution in [0.5, 0.6) is 11.9 Å². The van der Waals surface area contributed by atoms with Crippen molar-refractivity contribution in [3.8, 4) is 35.5 Å². The summed E-state index contributed by atoms with van der Waals surface area (Å²) in [5, 5.41) is 15.1. The molecule has 256 valence electrons. The van der Waals surface area contributed by atoms with Gasteiger partial charge in [-0.05, 0) is 88.9 Å². The Kier molecular flexibility index (Phi) is 8.09. The van der Waals surface area contributed by atoms with E-state index < -0.39 is 11.6 Å². The molecule has 11 heteroatoms. The Bertz CT molecular complexity index is 1990. The fourth-order valence-electron chi connectivity index (χ4n) is 8.78. The lowest BCUT2D eigenvalue weighted by molar-refractivity contribution is 0.0644. The van der Waals surface area contributed by atoms with Gasteiger partial charge < -0.3 is 24.8 Å². The van der Waals surface area contributed by atoms with Gasteiger partial charge in [-0.2, -0.15) is 9.97 Å². The highest BCUT2D eigenvalue weighted by atomic mass is 19.1. The summed E-state index contributed by atoms with van der Waals surface area (Å²) in [5.41, 5.74) is 1.02. The van der Waals surface area contributed by atoms with Crippen molar-refractivity contribution in [2.24, 2.45) is 0 Å². The zero-order valence-corrected chi connectivity index (χ0v) is 28.2. The molecule has 8 rings (SSSR count). The van der Waals surface area contributed by atoms with E-state index in [0.717, 1.165) is 50.6 Å². The second kappa shape index (κ2) is 12.3. The number of nitrogens with one attached hydrogen (secondary N) is 1. The SMILES string of the molecule is C#Cc1c(F)ccc2cc(C)cc(-c3nc(OC(C)C)c4c(N5CC6CCC(C5)N6)nc(OC[C@]56CCCN5[C@H](CO)CC6)nc4c3F)c12. The molecule has 4 saturated heterocycles. The Morgan fingerprint density at radius 2 is 1.88 bits per heavy atom. The lowest BCUT2D eigenvalue weighted by Gasteiger charge is -2.35. The molecule has 0 aliphatic carbocycles. The molecule has 49 heavy (non-hydrogen) atoms. The summed E-state index contributed by atoms with van der Waals surface area (Å²) in [4.78, 5) is 19.1. The van der Waals surface area contributed by atoms with Crippen molar-refractivity contribution in [2.45, 2.75) is 89.1 Å². The molecule has 4 fully saturated rings. The summed E-state index contributed by atoms with van der Waals surface area (Å²) in [6.45, 7) is 8.42. The molecule has 4 aliphatic heterocycles. The first-order valence-corrected chi connectivity index (χ1v) is 17.5. The fraction of sp³-hybridized carbons (Fsp3) is 0.500. The van der Waals surface area contributed by atoms with E-state index in [2.05, 4.69) is 21.0 Å². The number of pyridine rings is 1.